The number of aliphatic hydroxyl groups is 1. The zero-order chi connectivity index (χ0) is 26.9. The minimum atomic E-state index is -1.42. The highest BCUT2D eigenvalue weighted by Gasteiger charge is 2.53. The molecule has 4 rings (SSSR count). The molecular weight excluding hydrogens is 484 g/mol. The van der Waals surface area contributed by atoms with Crippen LogP contribution < -0.4 is 10.4 Å². The fourth-order valence-corrected chi connectivity index (χ4v) is 4.52. The second-order valence-corrected chi connectivity index (χ2v) is 9.32. The van der Waals surface area contributed by atoms with Crippen molar-refractivity contribution in [1.29, 1.82) is 0 Å². The molecule has 2 N–H and O–H groups in total. The number of methoxy groups -OCH3 is 1. The van der Waals surface area contributed by atoms with Gasteiger partial charge in [-0.2, -0.15) is 0 Å². The monoisotopic (exact) mass is 512 g/mol. The van der Waals surface area contributed by atoms with E-state index in [0.717, 1.165) is 5.69 Å². The van der Waals surface area contributed by atoms with E-state index in [0.29, 0.717) is 16.5 Å². The molecule has 0 radical (unpaired) electrons. The summed E-state index contributed by atoms with van der Waals surface area (Å²) in [5.74, 6) is -0.385. The molecule has 0 spiro atoms. The predicted molar refractivity (Wildman–Crippen MR) is 131 cm³/mol. The van der Waals surface area contributed by atoms with Crippen molar-refractivity contribution in [2.45, 2.75) is 64.4 Å². The van der Waals surface area contributed by atoms with Crippen LogP contribution in [-0.2, 0) is 20.8 Å². The minimum Gasteiger partial charge on any atom is -0.462 e. The van der Waals surface area contributed by atoms with Crippen LogP contribution >= 0.6 is 0 Å². The van der Waals surface area contributed by atoms with Gasteiger partial charge in [-0.15, -0.1) is 0 Å². The lowest BCUT2D eigenvalue weighted by Gasteiger charge is -2.47. The topological polar surface area (TPSA) is 169 Å². The molecule has 0 saturated carbocycles. The van der Waals surface area contributed by atoms with Gasteiger partial charge in [-0.3, -0.25) is 0 Å². The number of H-pyrrole nitrogens is 1. The second kappa shape index (κ2) is 10.3. The number of benzene rings is 1. The average Bonchev–Trinajstić information content (AvgIpc) is 3.28. The predicted octanol–water partition coefficient (Wildman–Crippen LogP) is 3.66. The summed E-state index contributed by atoms with van der Waals surface area (Å²) in [5.41, 5.74) is 9.26. The number of nitrogens with zero attached hydrogens (tertiary/aromatic N) is 3. The van der Waals surface area contributed by atoms with Crippen molar-refractivity contribution in [3.05, 3.63) is 73.7 Å². The third-order valence-electron chi connectivity index (χ3n) is 6.31. The molecule has 1 fully saturated rings. The first kappa shape index (κ1) is 26.2. The number of carbonyl (C=O) groups is 1. The van der Waals surface area contributed by atoms with Gasteiger partial charge in [-0.05, 0) is 63.1 Å². The maximum Gasteiger partial charge on any atom is 0.355 e. The molecule has 0 unspecified atom stereocenters. The largest absolute Gasteiger partial charge is 0.462 e. The van der Waals surface area contributed by atoms with Crippen LogP contribution in [0.1, 0.15) is 41.2 Å². The Hall–Kier alpha value is -3.83. The number of hydrogen-bond acceptors (Lipinski definition) is 9. The summed E-state index contributed by atoms with van der Waals surface area (Å²) in [6, 6.07) is 7.88. The number of ether oxygens (including phenoxy) is 4. The van der Waals surface area contributed by atoms with Crippen molar-refractivity contribution in [2.24, 2.45) is 5.11 Å². The summed E-state index contributed by atoms with van der Waals surface area (Å²) in [4.78, 5) is 30.5. The zero-order valence-electron chi connectivity index (χ0n) is 21.0. The maximum atomic E-state index is 12.8. The van der Waals surface area contributed by atoms with Crippen molar-refractivity contribution < 1.29 is 33.3 Å². The van der Waals surface area contributed by atoms with Gasteiger partial charge in [0.1, 0.15) is 23.1 Å². The van der Waals surface area contributed by atoms with E-state index in [-0.39, 0.29) is 23.6 Å². The van der Waals surface area contributed by atoms with E-state index < -0.39 is 41.8 Å². The van der Waals surface area contributed by atoms with Crippen molar-refractivity contribution >= 4 is 16.9 Å². The van der Waals surface area contributed by atoms with Crippen LogP contribution in [0.25, 0.3) is 21.4 Å². The summed E-state index contributed by atoms with van der Waals surface area (Å²) in [6.07, 6.45) is -4.60. The number of rotatable bonds is 7. The van der Waals surface area contributed by atoms with Gasteiger partial charge in [-0.1, -0.05) is 5.11 Å². The van der Waals surface area contributed by atoms with Gasteiger partial charge in [0.25, 0.3) is 0 Å². The van der Waals surface area contributed by atoms with Gasteiger partial charge in [0.05, 0.1) is 12.1 Å². The number of aliphatic hydroxyl groups excluding tert-OH is 1. The first-order valence-electron chi connectivity index (χ1n) is 11.5. The third-order valence-corrected chi connectivity index (χ3v) is 6.31. The molecule has 3 heterocycles. The number of esters is 1. The normalized spacial score (nSPS) is 22.9. The van der Waals surface area contributed by atoms with Crippen LogP contribution in [-0.4, -0.2) is 53.4 Å². The lowest BCUT2D eigenvalue weighted by molar-refractivity contribution is -0.305. The Morgan fingerprint density at radius 2 is 2.03 bits per heavy atom. The number of azide groups is 1. The number of aromatic amines is 1. The molecule has 37 heavy (non-hydrogen) atoms. The Morgan fingerprint density at radius 1 is 1.27 bits per heavy atom. The first-order chi connectivity index (χ1) is 17.6. The van der Waals surface area contributed by atoms with E-state index in [1.165, 1.54) is 13.2 Å². The fourth-order valence-electron chi connectivity index (χ4n) is 4.52. The molecule has 1 aromatic carbocycles. The van der Waals surface area contributed by atoms with Gasteiger partial charge in [0.15, 0.2) is 12.2 Å². The van der Waals surface area contributed by atoms with Crippen molar-refractivity contribution in [2.75, 3.05) is 7.11 Å². The molecule has 2 aromatic heterocycles. The summed E-state index contributed by atoms with van der Waals surface area (Å²) >= 11 is 0. The summed E-state index contributed by atoms with van der Waals surface area (Å²) in [6.45, 7) is 6.93. The van der Waals surface area contributed by atoms with Crippen LogP contribution in [0.4, 0.5) is 0 Å². The molecule has 196 valence electrons. The van der Waals surface area contributed by atoms with E-state index in [1.807, 2.05) is 0 Å². The highest BCUT2D eigenvalue weighted by Crippen LogP contribution is 2.36. The second-order valence-electron chi connectivity index (χ2n) is 9.32. The lowest BCUT2D eigenvalue weighted by atomic mass is 9.89. The SMILES string of the molecule is CO[C@@H]1[C@@H](OC(=O)c2ccc(C)[nH]2)[C@@H](O)[C@H](Oc2ccc3c(CN=[N+]=[N-])cc(=O)oc3c2C)OC1(C)C. The molecule has 0 amide bonds. The van der Waals surface area contributed by atoms with E-state index in [4.69, 9.17) is 28.9 Å². The van der Waals surface area contributed by atoms with Gasteiger partial charge < -0.3 is 33.5 Å². The quantitative estimate of drug-likeness (QED) is 0.159. The van der Waals surface area contributed by atoms with E-state index in [9.17, 15) is 14.7 Å². The first-order valence-corrected chi connectivity index (χ1v) is 11.5. The Bertz CT molecular complexity index is 1420. The number of fused-ring (bicyclic) bond motifs is 1. The molecule has 1 aliphatic heterocycles. The van der Waals surface area contributed by atoms with Gasteiger partial charge in [0.2, 0.25) is 6.29 Å². The van der Waals surface area contributed by atoms with E-state index in [1.54, 1.807) is 52.0 Å². The molecule has 4 atom stereocenters. The Kier molecular flexibility index (Phi) is 7.28. The van der Waals surface area contributed by atoms with Crippen LogP contribution in [0.15, 0.2) is 44.7 Å². The minimum absolute atomic E-state index is 0.0251. The van der Waals surface area contributed by atoms with Crippen LogP contribution in [0.2, 0.25) is 0 Å². The van der Waals surface area contributed by atoms with Crippen molar-refractivity contribution in [3.8, 4) is 5.75 Å². The van der Waals surface area contributed by atoms with Crippen LogP contribution in [0.3, 0.4) is 0 Å². The van der Waals surface area contributed by atoms with Gasteiger partial charge in [0, 0.05) is 34.7 Å². The smallest absolute Gasteiger partial charge is 0.355 e. The van der Waals surface area contributed by atoms with Crippen LogP contribution in [0.5, 0.6) is 5.75 Å². The molecule has 0 aliphatic carbocycles. The Balaban J connectivity index is 1.66. The van der Waals surface area contributed by atoms with Gasteiger partial charge in [-0.25, -0.2) is 9.59 Å². The molecule has 1 aliphatic rings. The highest BCUT2D eigenvalue weighted by atomic mass is 16.7. The molecule has 12 nitrogen and oxygen atoms in total. The van der Waals surface area contributed by atoms with E-state index in [2.05, 4.69) is 15.0 Å². The number of aryl methyl sites for hydroxylation is 2. The standard InChI is InChI=1S/C25H28N4O8/c1-12-6-8-16(28-12)23(32)36-21-19(31)24(37-25(3,4)22(21)33-5)34-17-9-7-15-14(11-27-29-26)10-18(30)35-20(15)13(17)2/h6-10,19,21-22,24,28,31H,11H2,1-5H3/t19-,21+,22-,24-/m1/s1. The average molecular weight is 513 g/mol. The number of nitrogens with one attached hydrogen (secondary N) is 1. The van der Waals surface area contributed by atoms with Crippen molar-refractivity contribution in [1.82, 2.24) is 4.98 Å². The zero-order valence-corrected chi connectivity index (χ0v) is 21.0. The lowest BCUT2D eigenvalue weighted by Crippen LogP contribution is -2.65. The number of carbonyl (C=O) groups excluding carboxylic acids is 1. The summed E-state index contributed by atoms with van der Waals surface area (Å²) in [5, 5.41) is 15.3. The molecule has 12 heteroatoms. The van der Waals surface area contributed by atoms with Crippen LogP contribution in [0, 0.1) is 13.8 Å². The maximum absolute atomic E-state index is 12.8. The Labute approximate surface area is 211 Å². The summed E-state index contributed by atoms with van der Waals surface area (Å²) < 4.78 is 28.7. The van der Waals surface area contributed by atoms with Gasteiger partial charge >= 0.3 is 11.6 Å². The number of aromatic nitrogens is 1. The molecular formula is C25H28N4O8. The van der Waals surface area contributed by atoms with Crippen molar-refractivity contribution in [3.63, 3.8) is 0 Å². The van der Waals surface area contributed by atoms with E-state index >= 15 is 0 Å². The Morgan fingerprint density at radius 3 is 2.68 bits per heavy atom. The summed E-state index contributed by atoms with van der Waals surface area (Å²) in [7, 11) is 1.44. The molecule has 3 aromatic rings. The highest BCUT2D eigenvalue weighted by molar-refractivity contribution is 5.87. The number of hydrogen-bond donors (Lipinski definition) is 2. The third kappa shape index (κ3) is 5.18. The molecule has 1 saturated heterocycles. The fraction of sp³-hybridized carbons (Fsp3) is 0.440. The molecule has 0 bridgehead atoms.